The van der Waals surface area contributed by atoms with Gasteiger partial charge in [0.05, 0.1) is 24.3 Å². The number of carbonyl (C=O) groups is 2. The maximum Gasteiger partial charge on any atom is 0.338 e. The highest BCUT2D eigenvalue weighted by atomic mass is 16.5. The maximum absolute atomic E-state index is 12.3. The molecule has 0 aliphatic carbocycles. The van der Waals surface area contributed by atoms with Gasteiger partial charge in [-0.15, -0.1) is 0 Å². The van der Waals surface area contributed by atoms with Crippen LogP contribution in [0.2, 0.25) is 0 Å². The van der Waals surface area contributed by atoms with E-state index in [1.165, 1.54) is 19.2 Å². The summed E-state index contributed by atoms with van der Waals surface area (Å²) in [6.07, 6.45) is 0. The van der Waals surface area contributed by atoms with Gasteiger partial charge in [0.2, 0.25) is 0 Å². The Labute approximate surface area is 179 Å². The Bertz CT molecular complexity index is 1110. The Morgan fingerprint density at radius 2 is 1.77 bits per heavy atom. The molecule has 0 saturated carbocycles. The Morgan fingerprint density at radius 3 is 2.52 bits per heavy atom. The van der Waals surface area contributed by atoms with Crippen LogP contribution in [-0.2, 0) is 16.1 Å². The van der Waals surface area contributed by atoms with E-state index in [1.54, 1.807) is 30.3 Å². The van der Waals surface area contributed by atoms with Crippen LogP contribution in [0.3, 0.4) is 0 Å². The number of nitrogens with one attached hydrogen (secondary N) is 1. The molecule has 0 heterocycles. The van der Waals surface area contributed by atoms with Gasteiger partial charge < -0.3 is 19.5 Å². The molecule has 7 heteroatoms. The lowest BCUT2D eigenvalue weighted by atomic mass is 10.2. The number of hydrogen-bond acceptors (Lipinski definition) is 6. The predicted octanol–water partition coefficient (Wildman–Crippen LogP) is 3.94. The first-order chi connectivity index (χ1) is 15.1. The zero-order valence-electron chi connectivity index (χ0n) is 16.8. The Kier molecular flexibility index (Phi) is 7.22. The molecular weight excluding hydrogens is 396 g/mol. The Balaban J connectivity index is 1.57. The molecule has 0 spiro atoms. The lowest BCUT2D eigenvalue weighted by molar-refractivity contribution is -0.119. The van der Waals surface area contributed by atoms with Crippen LogP contribution < -0.4 is 14.8 Å². The van der Waals surface area contributed by atoms with Gasteiger partial charge in [-0.1, -0.05) is 36.4 Å². The summed E-state index contributed by atoms with van der Waals surface area (Å²) in [5.74, 6) is -0.326. The third-order valence-electron chi connectivity index (χ3n) is 4.25. The largest absolute Gasteiger partial charge is 0.493 e. The van der Waals surface area contributed by atoms with E-state index in [0.29, 0.717) is 29.4 Å². The topological polar surface area (TPSA) is 97.6 Å². The molecule has 0 saturated heterocycles. The van der Waals surface area contributed by atoms with Gasteiger partial charge in [-0.3, -0.25) is 4.79 Å². The Morgan fingerprint density at radius 1 is 0.968 bits per heavy atom. The van der Waals surface area contributed by atoms with Crippen LogP contribution in [0.15, 0.2) is 72.8 Å². The zero-order valence-corrected chi connectivity index (χ0v) is 16.8. The normalized spacial score (nSPS) is 9.94. The molecule has 0 aliphatic heterocycles. The first-order valence-electron chi connectivity index (χ1n) is 9.41. The molecule has 0 fully saturated rings. The van der Waals surface area contributed by atoms with Crippen LogP contribution >= 0.6 is 0 Å². The van der Waals surface area contributed by atoms with Crippen molar-refractivity contribution < 1.29 is 23.8 Å². The molecule has 0 unspecified atom stereocenters. The number of anilines is 1. The fourth-order valence-electron chi connectivity index (χ4n) is 2.73. The zero-order chi connectivity index (χ0) is 22.1. The number of nitriles is 1. The van der Waals surface area contributed by atoms with Gasteiger partial charge >= 0.3 is 5.97 Å². The number of rotatable bonds is 8. The molecule has 156 valence electrons. The van der Waals surface area contributed by atoms with Crippen molar-refractivity contribution in [1.29, 1.82) is 5.26 Å². The van der Waals surface area contributed by atoms with Crippen LogP contribution in [0, 0.1) is 11.3 Å². The molecule has 0 bridgehead atoms. The molecule has 3 aromatic rings. The monoisotopic (exact) mass is 416 g/mol. The van der Waals surface area contributed by atoms with Crippen molar-refractivity contribution in [1.82, 2.24) is 0 Å². The molecule has 31 heavy (non-hydrogen) atoms. The Hall–Kier alpha value is -4.31. The number of esters is 1. The standard InChI is InChI=1S/C24H20N2O5/c1-29-22-13-19(10-11-21(22)30-15-17-6-3-2-4-7-17)24(28)31-16-23(27)26-20-9-5-8-18(12-20)14-25/h2-13H,15-16H2,1H3,(H,26,27). The molecule has 0 aromatic heterocycles. The molecule has 0 atom stereocenters. The lowest BCUT2D eigenvalue weighted by Crippen LogP contribution is -2.21. The SMILES string of the molecule is COc1cc(C(=O)OCC(=O)Nc2cccc(C#N)c2)ccc1OCc1ccccc1. The van der Waals surface area contributed by atoms with Crippen molar-refractivity contribution in [2.45, 2.75) is 6.61 Å². The van der Waals surface area contributed by atoms with E-state index in [2.05, 4.69) is 5.32 Å². The van der Waals surface area contributed by atoms with E-state index in [-0.39, 0.29) is 5.56 Å². The first-order valence-corrected chi connectivity index (χ1v) is 9.41. The minimum absolute atomic E-state index is 0.225. The molecule has 0 radical (unpaired) electrons. The minimum Gasteiger partial charge on any atom is -0.493 e. The van der Waals surface area contributed by atoms with Gasteiger partial charge in [-0.25, -0.2) is 4.79 Å². The fourth-order valence-corrected chi connectivity index (χ4v) is 2.73. The number of carbonyl (C=O) groups excluding carboxylic acids is 2. The average Bonchev–Trinajstić information content (AvgIpc) is 2.81. The summed E-state index contributed by atoms with van der Waals surface area (Å²) >= 11 is 0. The van der Waals surface area contributed by atoms with Crippen molar-refractivity contribution in [3.05, 3.63) is 89.5 Å². The summed E-state index contributed by atoms with van der Waals surface area (Å²) in [6.45, 7) is -0.113. The van der Waals surface area contributed by atoms with E-state index in [9.17, 15) is 9.59 Å². The molecular formula is C24H20N2O5. The van der Waals surface area contributed by atoms with E-state index in [4.69, 9.17) is 19.5 Å². The summed E-state index contributed by atoms with van der Waals surface area (Å²) in [5, 5.41) is 11.5. The summed E-state index contributed by atoms with van der Waals surface area (Å²) in [7, 11) is 1.47. The lowest BCUT2D eigenvalue weighted by Gasteiger charge is -2.12. The van der Waals surface area contributed by atoms with Crippen LogP contribution in [0.5, 0.6) is 11.5 Å². The number of nitrogens with zero attached hydrogens (tertiary/aromatic N) is 1. The van der Waals surface area contributed by atoms with Gasteiger partial charge in [0.15, 0.2) is 18.1 Å². The molecule has 3 aromatic carbocycles. The molecule has 0 aliphatic rings. The van der Waals surface area contributed by atoms with Crippen molar-refractivity contribution >= 4 is 17.6 Å². The minimum atomic E-state index is -0.672. The first kappa shape index (κ1) is 21.4. The number of benzene rings is 3. The summed E-state index contributed by atoms with van der Waals surface area (Å²) in [5.41, 5.74) is 2.08. The molecule has 1 amide bonds. The van der Waals surface area contributed by atoms with Crippen LogP contribution in [-0.4, -0.2) is 25.6 Å². The summed E-state index contributed by atoms with van der Waals surface area (Å²) in [6, 6.07) is 22.7. The number of amides is 1. The second-order valence-corrected chi connectivity index (χ2v) is 6.46. The van der Waals surface area contributed by atoms with Gasteiger partial charge in [-0.05, 0) is 42.0 Å². The molecule has 7 nitrogen and oxygen atoms in total. The second-order valence-electron chi connectivity index (χ2n) is 6.46. The second kappa shape index (κ2) is 10.5. The summed E-state index contributed by atoms with van der Waals surface area (Å²) < 4.78 is 16.2. The quantitative estimate of drug-likeness (QED) is 0.559. The summed E-state index contributed by atoms with van der Waals surface area (Å²) in [4.78, 5) is 24.3. The highest BCUT2D eigenvalue weighted by Gasteiger charge is 2.14. The maximum atomic E-state index is 12.3. The van der Waals surface area contributed by atoms with E-state index < -0.39 is 18.5 Å². The van der Waals surface area contributed by atoms with Gasteiger partial charge in [-0.2, -0.15) is 5.26 Å². The highest BCUT2D eigenvalue weighted by Crippen LogP contribution is 2.29. The predicted molar refractivity (Wildman–Crippen MR) is 114 cm³/mol. The van der Waals surface area contributed by atoms with Crippen LogP contribution in [0.25, 0.3) is 0 Å². The van der Waals surface area contributed by atoms with Crippen molar-refractivity contribution in [3.8, 4) is 17.6 Å². The fraction of sp³-hybridized carbons (Fsp3) is 0.125. The number of ether oxygens (including phenoxy) is 3. The highest BCUT2D eigenvalue weighted by molar-refractivity contribution is 5.95. The van der Waals surface area contributed by atoms with Gasteiger partial charge in [0.25, 0.3) is 5.91 Å². The van der Waals surface area contributed by atoms with Crippen LogP contribution in [0.1, 0.15) is 21.5 Å². The van der Waals surface area contributed by atoms with Crippen molar-refractivity contribution in [2.24, 2.45) is 0 Å². The third kappa shape index (κ3) is 6.08. The van der Waals surface area contributed by atoms with Crippen molar-refractivity contribution in [3.63, 3.8) is 0 Å². The smallest absolute Gasteiger partial charge is 0.338 e. The number of hydrogen-bond donors (Lipinski definition) is 1. The van der Waals surface area contributed by atoms with Gasteiger partial charge in [0, 0.05) is 5.69 Å². The third-order valence-corrected chi connectivity index (χ3v) is 4.25. The van der Waals surface area contributed by atoms with E-state index >= 15 is 0 Å². The van der Waals surface area contributed by atoms with Crippen LogP contribution in [0.4, 0.5) is 5.69 Å². The van der Waals surface area contributed by atoms with Crippen molar-refractivity contribution in [2.75, 3.05) is 19.0 Å². The molecule has 1 N–H and O–H groups in total. The van der Waals surface area contributed by atoms with Gasteiger partial charge in [0.1, 0.15) is 6.61 Å². The van der Waals surface area contributed by atoms with E-state index in [1.807, 2.05) is 36.4 Å². The average molecular weight is 416 g/mol. The molecule has 3 rings (SSSR count). The van der Waals surface area contributed by atoms with E-state index in [0.717, 1.165) is 5.56 Å². The number of methoxy groups -OCH3 is 1.